The highest BCUT2D eigenvalue weighted by molar-refractivity contribution is 7.92. The fraction of sp³-hybridized carbons (Fsp3) is 0.583. The normalized spacial score (nSPS) is 14.9. The minimum atomic E-state index is -3.99. The molecule has 9 nitrogen and oxygen atoms in total. The standard InChI is InChI=1S/C24H35N3O6S/c1-6-26-23(13-18(4)25-26)27(15-17(2)3)34(29,30)20-7-8-22(21(14-20)24(28)31-5)33-16-19-9-11-32-12-10-19/h7-8,13-14,17,19H,6,9-12,15-16H2,1-5H3. The molecule has 2 aromatic rings. The Balaban J connectivity index is 1.98. The number of methoxy groups -OCH3 is 1. The molecule has 10 heteroatoms. The Kier molecular flexibility index (Phi) is 8.59. The van der Waals surface area contributed by atoms with Gasteiger partial charge in [0.25, 0.3) is 10.0 Å². The van der Waals surface area contributed by atoms with Crippen LogP contribution in [0.1, 0.15) is 49.7 Å². The molecule has 0 spiro atoms. The SMILES string of the molecule is CCn1nc(C)cc1N(CC(C)C)S(=O)(=O)c1ccc(OCC2CCOCC2)c(C(=O)OC)c1. The maximum absolute atomic E-state index is 13.8. The van der Waals surface area contributed by atoms with Gasteiger partial charge in [-0.05, 0) is 56.7 Å². The zero-order valence-corrected chi connectivity index (χ0v) is 21.4. The lowest BCUT2D eigenvalue weighted by Crippen LogP contribution is -2.36. The average Bonchev–Trinajstić information content (AvgIpc) is 3.21. The lowest BCUT2D eigenvalue weighted by Gasteiger charge is -2.27. The predicted molar refractivity (Wildman–Crippen MR) is 129 cm³/mol. The minimum absolute atomic E-state index is 0.00604. The van der Waals surface area contributed by atoms with Crippen LogP contribution in [0, 0.1) is 18.8 Å². The summed E-state index contributed by atoms with van der Waals surface area (Å²) in [6.07, 6.45) is 1.77. The fourth-order valence-electron chi connectivity index (χ4n) is 3.92. The molecule has 188 valence electrons. The molecule has 1 aromatic carbocycles. The van der Waals surface area contributed by atoms with Crippen molar-refractivity contribution in [2.45, 2.75) is 52.0 Å². The number of hydrogen-bond acceptors (Lipinski definition) is 7. The van der Waals surface area contributed by atoms with E-state index in [1.807, 2.05) is 27.7 Å². The van der Waals surface area contributed by atoms with E-state index in [1.165, 1.54) is 29.6 Å². The quantitative estimate of drug-likeness (QED) is 0.466. The fourth-order valence-corrected chi connectivity index (χ4v) is 5.57. The topological polar surface area (TPSA) is 100.0 Å². The number of nitrogens with zero attached hydrogens (tertiary/aromatic N) is 3. The highest BCUT2D eigenvalue weighted by Crippen LogP contribution is 2.30. The van der Waals surface area contributed by atoms with E-state index in [2.05, 4.69) is 5.10 Å². The smallest absolute Gasteiger partial charge is 0.341 e. The van der Waals surface area contributed by atoms with Crippen LogP contribution in [0.15, 0.2) is 29.2 Å². The summed E-state index contributed by atoms with van der Waals surface area (Å²) >= 11 is 0. The van der Waals surface area contributed by atoms with Crippen molar-refractivity contribution in [2.24, 2.45) is 11.8 Å². The monoisotopic (exact) mass is 493 g/mol. The Labute approximate surface area is 202 Å². The highest BCUT2D eigenvalue weighted by Gasteiger charge is 2.30. The molecule has 34 heavy (non-hydrogen) atoms. The number of carbonyl (C=O) groups excluding carboxylic acids is 1. The molecule has 1 aliphatic heterocycles. The van der Waals surface area contributed by atoms with Crippen LogP contribution in [0.5, 0.6) is 5.75 Å². The van der Waals surface area contributed by atoms with Gasteiger partial charge >= 0.3 is 5.97 Å². The number of esters is 1. The molecular weight excluding hydrogens is 458 g/mol. The lowest BCUT2D eigenvalue weighted by atomic mass is 10.0. The van der Waals surface area contributed by atoms with Crippen molar-refractivity contribution in [1.29, 1.82) is 0 Å². The molecule has 0 bridgehead atoms. The third-order valence-corrected chi connectivity index (χ3v) is 7.49. The molecule has 0 unspecified atom stereocenters. The van der Waals surface area contributed by atoms with E-state index in [0.717, 1.165) is 18.5 Å². The van der Waals surface area contributed by atoms with Crippen molar-refractivity contribution >= 4 is 21.8 Å². The van der Waals surface area contributed by atoms with E-state index in [4.69, 9.17) is 14.2 Å². The first-order valence-electron chi connectivity index (χ1n) is 11.7. The largest absolute Gasteiger partial charge is 0.492 e. The van der Waals surface area contributed by atoms with E-state index in [1.54, 1.807) is 10.7 Å². The van der Waals surface area contributed by atoms with Crippen molar-refractivity contribution in [1.82, 2.24) is 9.78 Å². The molecule has 0 radical (unpaired) electrons. The van der Waals surface area contributed by atoms with Gasteiger partial charge in [0.2, 0.25) is 0 Å². The van der Waals surface area contributed by atoms with Crippen molar-refractivity contribution in [2.75, 3.05) is 37.8 Å². The molecule has 1 fully saturated rings. The molecule has 0 amide bonds. The van der Waals surface area contributed by atoms with Gasteiger partial charge in [0.15, 0.2) is 0 Å². The molecule has 0 saturated carbocycles. The van der Waals surface area contributed by atoms with Gasteiger partial charge in [-0.2, -0.15) is 5.10 Å². The Morgan fingerprint density at radius 1 is 1.26 bits per heavy atom. The number of ether oxygens (including phenoxy) is 3. The maximum Gasteiger partial charge on any atom is 0.341 e. The molecule has 0 atom stereocenters. The summed E-state index contributed by atoms with van der Waals surface area (Å²) in [6, 6.07) is 6.12. The Morgan fingerprint density at radius 3 is 2.59 bits per heavy atom. The van der Waals surface area contributed by atoms with E-state index in [-0.39, 0.29) is 22.9 Å². The van der Waals surface area contributed by atoms with Gasteiger partial charge in [0.1, 0.15) is 17.1 Å². The summed E-state index contributed by atoms with van der Waals surface area (Å²) in [7, 11) is -2.73. The Hall–Kier alpha value is -2.59. The third kappa shape index (κ3) is 5.90. The van der Waals surface area contributed by atoms with Crippen LogP contribution in [-0.2, 0) is 26.0 Å². The van der Waals surface area contributed by atoms with Crippen molar-refractivity contribution in [3.05, 3.63) is 35.5 Å². The van der Waals surface area contributed by atoms with E-state index in [9.17, 15) is 13.2 Å². The summed E-state index contributed by atoms with van der Waals surface area (Å²) in [6.45, 7) is 10.2. The number of benzene rings is 1. The van der Waals surface area contributed by atoms with Crippen LogP contribution in [0.4, 0.5) is 5.82 Å². The Bertz CT molecular complexity index is 1090. The van der Waals surface area contributed by atoms with Gasteiger partial charge < -0.3 is 14.2 Å². The molecule has 1 aromatic heterocycles. The second kappa shape index (κ2) is 11.2. The molecule has 1 aliphatic rings. The van der Waals surface area contributed by atoms with Gasteiger partial charge in [-0.3, -0.25) is 0 Å². The number of aryl methyl sites for hydroxylation is 2. The summed E-state index contributed by atoms with van der Waals surface area (Å²) in [5, 5.41) is 4.41. The second-order valence-corrected chi connectivity index (χ2v) is 10.8. The number of aromatic nitrogens is 2. The van der Waals surface area contributed by atoms with Crippen LogP contribution in [0.2, 0.25) is 0 Å². The zero-order valence-electron chi connectivity index (χ0n) is 20.6. The van der Waals surface area contributed by atoms with Crippen molar-refractivity contribution in [3.63, 3.8) is 0 Å². The van der Waals surface area contributed by atoms with Crippen LogP contribution >= 0.6 is 0 Å². The Morgan fingerprint density at radius 2 is 1.97 bits per heavy atom. The van der Waals surface area contributed by atoms with Crippen LogP contribution in [0.25, 0.3) is 0 Å². The van der Waals surface area contributed by atoms with Crippen LogP contribution < -0.4 is 9.04 Å². The predicted octanol–water partition coefficient (Wildman–Crippen LogP) is 3.65. The third-order valence-electron chi connectivity index (χ3n) is 5.73. The van der Waals surface area contributed by atoms with Gasteiger partial charge in [0.05, 0.1) is 24.3 Å². The van der Waals surface area contributed by atoms with Gasteiger partial charge in [-0.15, -0.1) is 0 Å². The van der Waals surface area contributed by atoms with E-state index in [0.29, 0.717) is 43.9 Å². The molecule has 3 rings (SSSR count). The molecular formula is C24H35N3O6S. The van der Waals surface area contributed by atoms with E-state index >= 15 is 0 Å². The lowest BCUT2D eigenvalue weighted by molar-refractivity contribution is 0.0483. The number of sulfonamides is 1. The van der Waals surface area contributed by atoms with Crippen LogP contribution in [-0.4, -0.2) is 57.6 Å². The van der Waals surface area contributed by atoms with Crippen LogP contribution in [0.3, 0.4) is 0 Å². The number of anilines is 1. The minimum Gasteiger partial charge on any atom is -0.492 e. The van der Waals surface area contributed by atoms with Gasteiger partial charge in [-0.25, -0.2) is 22.2 Å². The number of carbonyl (C=O) groups is 1. The molecule has 1 saturated heterocycles. The number of rotatable bonds is 10. The van der Waals surface area contributed by atoms with Crippen molar-refractivity contribution < 1.29 is 27.4 Å². The molecule has 0 N–H and O–H groups in total. The first-order chi connectivity index (χ1) is 16.2. The summed E-state index contributed by atoms with van der Waals surface area (Å²) in [5.74, 6) is 0.540. The first kappa shape index (κ1) is 26.0. The summed E-state index contributed by atoms with van der Waals surface area (Å²) < 4.78 is 46.9. The van der Waals surface area contributed by atoms with Gasteiger partial charge in [0, 0.05) is 32.4 Å². The van der Waals surface area contributed by atoms with Gasteiger partial charge in [-0.1, -0.05) is 13.8 Å². The first-order valence-corrected chi connectivity index (χ1v) is 13.1. The van der Waals surface area contributed by atoms with Crippen molar-refractivity contribution in [3.8, 4) is 5.75 Å². The zero-order chi connectivity index (χ0) is 24.9. The highest BCUT2D eigenvalue weighted by atomic mass is 32.2. The van der Waals surface area contributed by atoms with E-state index < -0.39 is 16.0 Å². The average molecular weight is 494 g/mol. The molecule has 0 aliphatic carbocycles. The maximum atomic E-state index is 13.8. The second-order valence-electron chi connectivity index (χ2n) is 8.91. The molecule has 2 heterocycles. The number of hydrogen-bond donors (Lipinski definition) is 0. The summed E-state index contributed by atoms with van der Waals surface area (Å²) in [4.78, 5) is 12.5. The summed E-state index contributed by atoms with van der Waals surface area (Å²) in [5.41, 5.74) is 0.813.